The minimum atomic E-state index is -2.23. The molecule has 0 spiro atoms. The molecule has 0 radical (unpaired) electrons. The van der Waals surface area contributed by atoms with Crippen LogP contribution < -0.4 is 32.8 Å². The van der Waals surface area contributed by atoms with Gasteiger partial charge in [0.1, 0.15) is 0 Å². The molecule has 0 fully saturated rings. The average molecular weight is 826 g/mol. The van der Waals surface area contributed by atoms with Gasteiger partial charge in [-0.25, -0.2) is 35.1 Å². The summed E-state index contributed by atoms with van der Waals surface area (Å²) in [4.78, 5) is 0. The molecule has 0 aliphatic carbocycles. The van der Waals surface area contributed by atoms with E-state index in [0.717, 1.165) is 0 Å². The first-order chi connectivity index (χ1) is 30.2. The maximum Gasteiger partial charge on any atom is 0.250 e. The van der Waals surface area contributed by atoms with Gasteiger partial charge < -0.3 is 0 Å². The first-order valence-corrected chi connectivity index (χ1v) is 19.8. The molecule has 0 amide bonds. The second-order valence-electron chi connectivity index (χ2n) is 15.2. The van der Waals surface area contributed by atoms with Gasteiger partial charge in [0.05, 0.1) is 11.1 Å². The minimum absolute atomic E-state index is 0.274. The lowest BCUT2D eigenvalue weighted by Crippen LogP contribution is -2.56. The first-order valence-electron chi connectivity index (χ1n) is 19.8. The largest absolute Gasteiger partial charge is 0.250 e. The van der Waals surface area contributed by atoms with Crippen LogP contribution >= 0.6 is 0 Å². The summed E-state index contributed by atoms with van der Waals surface area (Å²) in [5, 5.41) is 4.70. The Morgan fingerprint density at radius 2 is 0.435 bits per heavy atom. The fraction of sp³-hybridized carbons (Fsp3) is 0. The predicted molar refractivity (Wildman–Crippen MR) is 237 cm³/mol. The molecule has 0 aromatic heterocycles. The van der Waals surface area contributed by atoms with Crippen molar-refractivity contribution in [3.05, 3.63) is 216 Å². The second-order valence-corrected chi connectivity index (χ2v) is 15.2. The van der Waals surface area contributed by atoms with E-state index in [4.69, 9.17) is 0 Å². The zero-order chi connectivity index (χ0) is 42.8. The second kappa shape index (κ2) is 15.4. The lowest BCUT2D eigenvalue weighted by molar-refractivity contribution is 0.450. The molecule has 0 aliphatic heterocycles. The molecule has 0 bridgehead atoms. The SMILES string of the molecule is Fc1c(F)c(-c2c(F)c(F)c(B(c3cccc4ccccc34)c3cccc4ccccc34)c(F)c2F)c(F)c(F)c1B(c1cccc2ccccc12)c1cccc2ccccc12. The summed E-state index contributed by atoms with van der Waals surface area (Å²) < 4.78 is 135. The van der Waals surface area contributed by atoms with Crippen molar-refractivity contribution in [2.75, 3.05) is 0 Å². The third-order valence-electron chi connectivity index (χ3n) is 12.0. The molecule has 0 N–H and O–H groups in total. The van der Waals surface area contributed by atoms with Crippen molar-refractivity contribution in [2.45, 2.75) is 0 Å². The van der Waals surface area contributed by atoms with Crippen LogP contribution in [-0.4, -0.2) is 13.4 Å². The topological polar surface area (TPSA) is 0 Å². The van der Waals surface area contributed by atoms with Crippen molar-refractivity contribution in [2.24, 2.45) is 0 Å². The Morgan fingerprint density at radius 3 is 0.677 bits per heavy atom. The summed E-state index contributed by atoms with van der Waals surface area (Å²) in [6, 6.07) is 47.5. The summed E-state index contributed by atoms with van der Waals surface area (Å²) >= 11 is 0. The molecule has 10 heteroatoms. The van der Waals surface area contributed by atoms with Crippen LogP contribution in [0.25, 0.3) is 54.2 Å². The highest BCUT2D eigenvalue weighted by atomic mass is 19.2. The van der Waals surface area contributed by atoms with Gasteiger partial charge in [0.25, 0.3) is 13.4 Å². The lowest BCUT2D eigenvalue weighted by Gasteiger charge is -2.23. The zero-order valence-corrected chi connectivity index (χ0v) is 32.3. The molecular weight excluding hydrogens is 798 g/mol. The zero-order valence-electron chi connectivity index (χ0n) is 32.3. The summed E-state index contributed by atoms with van der Waals surface area (Å²) in [6.07, 6.45) is 0. The van der Waals surface area contributed by atoms with Gasteiger partial charge >= 0.3 is 0 Å². The number of hydrogen-bond donors (Lipinski definition) is 0. The third-order valence-corrected chi connectivity index (χ3v) is 12.0. The standard InChI is InChI=1S/C52H28B2F8/c55-45-41(46(56)50(60)43(49(45)59)53(37-25-9-17-29-13-1-5-21-33(29)37)38-26-10-18-30-14-2-6-22-34(30)38)42-47(57)51(61)44(52(62)48(42)58)54(39-27-11-19-31-15-3-7-23-35(31)39)40-28-12-20-32-16-4-8-24-36(32)40/h1-28H. The van der Waals surface area contributed by atoms with Gasteiger partial charge in [-0.3, -0.25) is 0 Å². The van der Waals surface area contributed by atoms with E-state index in [1.54, 1.807) is 170 Å². The van der Waals surface area contributed by atoms with Gasteiger partial charge in [0.15, 0.2) is 46.5 Å². The van der Waals surface area contributed by atoms with E-state index in [-0.39, 0.29) is 21.9 Å². The summed E-state index contributed by atoms with van der Waals surface area (Å²) in [5.41, 5.74) is -4.95. The normalized spacial score (nSPS) is 11.5. The van der Waals surface area contributed by atoms with Gasteiger partial charge in [0.2, 0.25) is 0 Å². The molecule has 0 heterocycles. The highest BCUT2D eigenvalue weighted by Crippen LogP contribution is 2.35. The molecule has 0 saturated carbocycles. The molecule has 10 aromatic carbocycles. The monoisotopic (exact) mass is 826 g/mol. The van der Waals surface area contributed by atoms with Crippen LogP contribution in [0.1, 0.15) is 0 Å². The number of halogens is 8. The van der Waals surface area contributed by atoms with Crippen LogP contribution in [0, 0.1) is 46.5 Å². The highest BCUT2D eigenvalue weighted by molar-refractivity contribution is 6.99. The molecule has 0 nitrogen and oxygen atoms in total. The van der Waals surface area contributed by atoms with Gasteiger partial charge in [-0.1, -0.05) is 192 Å². The average Bonchev–Trinajstić information content (AvgIpc) is 3.31. The maximum atomic E-state index is 17.0. The van der Waals surface area contributed by atoms with Crippen LogP contribution in [-0.2, 0) is 0 Å². The van der Waals surface area contributed by atoms with Crippen molar-refractivity contribution >= 4 is 89.3 Å². The van der Waals surface area contributed by atoms with E-state index in [0.29, 0.717) is 43.1 Å². The van der Waals surface area contributed by atoms with E-state index in [1.807, 2.05) is 0 Å². The molecular formula is C52H28B2F8. The van der Waals surface area contributed by atoms with Gasteiger partial charge in [-0.05, 0) is 43.1 Å². The summed E-state index contributed by atoms with van der Waals surface area (Å²) in [6.45, 7) is -3.03. The summed E-state index contributed by atoms with van der Waals surface area (Å²) in [7, 11) is 0. The van der Waals surface area contributed by atoms with Crippen LogP contribution in [0.5, 0.6) is 0 Å². The molecule has 0 unspecified atom stereocenters. The Morgan fingerprint density at radius 1 is 0.226 bits per heavy atom. The van der Waals surface area contributed by atoms with Crippen LogP contribution in [0.3, 0.4) is 0 Å². The third kappa shape index (κ3) is 6.07. The molecule has 62 heavy (non-hydrogen) atoms. The Bertz CT molecular complexity index is 2980. The fourth-order valence-electron chi connectivity index (χ4n) is 9.21. The van der Waals surface area contributed by atoms with Gasteiger partial charge in [0, 0.05) is 10.9 Å². The molecule has 10 rings (SSSR count). The maximum absolute atomic E-state index is 17.0. The van der Waals surface area contributed by atoms with E-state index in [9.17, 15) is 0 Å². The van der Waals surface area contributed by atoms with E-state index in [2.05, 4.69) is 0 Å². The Labute approximate surface area is 350 Å². The van der Waals surface area contributed by atoms with E-state index >= 15 is 35.1 Å². The predicted octanol–water partition coefficient (Wildman–Crippen LogP) is 10.1. The van der Waals surface area contributed by atoms with Crippen LogP contribution in [0.4, 0.5) is 35.1 Å². The van der Waals surface area contributed by atoms with Crippen molar-refractivity contribution in [1.82, 2.24) is 0 Å². The van der Waals surface area contributed by atoms with Crippen molar-refractivity contribution in [3.8, 4) is 11.1 Å². The lowest BCUT2D eigenvalue weighted by atomic mass is 9.35. The molecule has 10 aromatic rings. The van der Waals surface area contributed by atoms with Crippen molar-refractivity contribution in [3.63, 3.8) is 0 Å². The van der Waals surface area contributed by atoms with Gasteiger partial charge in [-0.2, -0.15) is 0 Å². The smallest absolute Gasteiger partial charge is 0.204 e. The summed E-state index contributed by atoms with van der Waals surface area (Å²) in [5.74, 6) is -16.9. The Balaban J connectivity index is 1.23. The molecule has 0 aliphatic rings. The highest BCUT2D eigenvalue weighted by Gasteiger charge is 2.41. The number of rotatable bonds is 7. The molecule has 0 atom stereocenters. The number of fused-ring (bicyclic) bond motifs is 4. The number of benzene rings is 10. The minimum Gasteiger partial charge on any atom is -0.204 e. The van der Waals surface area contributed by atoms with E-state index in [1.165, 1.54) is 0 Å². The van der Waals surface area contributed by atoms with Crippen LogP contribution in [0.2, 0.25) is 0 Å². The molecule has 0 saturated heterocycles. The van der Waals surface area contributed by atoms with Crippen molar-refractivity contribution in [1.29, 1.82) is 0 Å². The Kier molecular flexibility index (Phi) is 9.66. The molecule has 298 valence electrons. The van der Waals surface area contributed by atoms with E-state index < -0.39 is 82.0 Å². The van der Waals surface area contributed by atoms with Gasteiger partial charge in [-0.15, -0.1) is 0 Å². The fourth-order valence-corrected chi connectivity index (χ4v) is 9.21. The quantitative estimate of drug-likeness (QED) is 0.0853. The van der Waals surface area contributed by atoms with Crippen LogP contribution in [0.15, 0.2) is 170 Å². The van der Waals surface area contributed by atoms with Crippen molar-refractivity contribution < 1.29 is 35.1 Å². The first kappa shape index (κ1) is 39.0. The number of hydrogen-bond acceptors (Lipinski definition) is 0. The Hall–Kier alpha value is -7.19.